The summed E-state index contributed by atoms with van der Waals surface area (Å²) in [5.74, 6) is 0.000656. The van der Waals surface area contributed by atoms with Crippen molar-refractivity contribution < 1.29 is 18.3 Å². The predicted molar refractivity (Wildman–Crippen MR) is 112 cm³/mol. The molecule has 1 N–H and O–H groups in total. The molecule has 4 heterocycles. The number of sulfone groups is 1. The first-order valence-electron chi connectivity index (χ1n) is 9.73. The Kier molecular flexibility index (Phi) is 5.64. The number of hydrogen-bond acceptors (Lipinski definition) is 8. The molecule has 9 nitrogen and oxygen atoms in total. The van der Waals surface area contributed by atoms with E-state index in [1.165, 1.54) is 24.7 Å². The van der Waals surface area contributed by atoms with Gasteiger partial charge in [0.1, 0.15) is 10.6 Å². The number of piperidine rings is 1. The zero-order chi connectivity index (χ0) is 22.0. The van der Waals surface area contributed by atoms with Crippen molar-refractivity contribution in [3.8, 4) is 17.1 Å². The lowest BCUT2D eigenvalue weighted by Crippen LogP contribution is -2.38. The summed E-state index contributed by atoms with van der Waals surface area (Å²) in [5, 5.41) is 9.57. The largest absolute Gasteiger partial charge is 0.506 e. The van der Waals surface area contributed by atoms with Gasteiger partial charge < -0.3 is 10.0 Å². The van der Waals surface area contributed by atoms with Crippen LogP contribution in [0.5, 0.6) is 5.75 Å². The van der Waals surface area contributed by atoms with Crippen LogP contribution in [0.4, 0.5) is 0 Å². The third-order valence-corrected chi connectivity index (χ3v) is 6.36. The molecule has 160 valence electrons. The van der Waals surface area contributed by atoms with Crippen molar-refractivity contribution in [3.63, 3.8) is 0 Å². The Balaban J connectivity index is 1.59. The highest BCUT2D eigenvalue weighted by Crippen LogP contribution is 2.32. The molecule has 1 amide bonds. The minimum atomic E-state index is -3.52. The number of carbonyl (C=O) groups is 1. The summed E-state index contributed by atoms with van der Waals surface area (Å²) in [6, 6.07) is 4.97. The number of aromatic nitrogens is 4. The van der Waals surface area contributed by atoms with E-state index >= 15 is 0 Å². The smallest absolute Gasteiger partial charge is 0.255 e. The molecule has 10 heteroatoms. The summed E-state index contributed by atoms with van der Waals surface area (Å²) in [6.45, 7) is 0.878. The second-order valence-corrected chi connectivity index (χ2v) is 9.44. The monoisotopic (exact) mass is 439 g/mol. The van der Waals surface area contributed by atoms with E-state index in [-0.39, 0.29) is 22.5 Å². The molecule has 4 rings (SSSR count). The van der Waals surface area contributed by atoms with Crippen molar-refractivity contribution in [3.05, 3.63) is 60.4 Å². The molecule has 0 aliphatic carbocycles. The fourth-order valence-electron chi connectivity index (χ4n) is 3.68. The maximum atomic E-state index is 12.7. The average Bonchev–Trinajstić information content (AvgIpc) is 2.78. The Bertz CT molecular complexity index is 1210. The van der Waals surface area contributed by atoms with E-state index in [9.17, 15) is 18.3 Å². The maximum Gasteiger partial charge on any atom is 0.255 e. The van der Waals surface area contributed by atoms with E-state index in [1.807, 2.05) is 6.07 Å². The molecule has 1 aliphatic heterocycles. The Morgan fingerprint density at radius 2 is 1.90 bits per heavy atom. The van der Waals surface area contributed by atoms with Gasteiger partial charge in [0.15, 0.2) is 15.7 Å². The van der Waals surface area contributed by atoms with Gasteiger partial charge in [-0.15, -0.1) is 0 Å². The molecule has 1 fully saturated rings. The fraction of sp³-hybridized carbons (Fsp3) is 0.286. The van der Waals surface area contributed by atoms with E-state index in [0.29, 0.717) is 48.6 Å². The summed E-state index contributed by atoms with van der Waals surface area (Å²) in [4.78, 5) is 31.3. The molecule has 0 bridgehead atoms. The van der Waals surface area contributed by atoms with Crippen LogP contribution in [0.1, 0.15) is 34.8 Å². The van der Waals surface area contributed by atoms with Crippen molar-refractivity contribution in [2.45, 2.75) is 23.7 Å². The third kappa shape index (κ3) is 4.53. The molecule has 0 radical (unpaired) electrons. The van der Waals surface area contributed by atoms with Crippen molar-refractivity contribution in [1.29, 1.82) is 0 Å². The zero-order valence-corrected chi connectivity index (χ0v) is 17.7. The Labute approximate surface area is 179 Å². The van der Waals surface area contributed by atoms with Crippen molar-refractivity contribution in [2.75, 3.05) is 19.3 Å². The van der Waals surface area contributed by atoms with Crippen LogP contribution >= 0.6 is 0 Å². The van der Waals surface area contributed by atoms with Crippen LogP contribution in [0.15, 0.2) is 54.1 Å². The van der Waals surface area contributed by atoms with Crippen molar-refractivity contribution in [1.82, 2.24) is 24.8 Å². The second-order valence-electron chi connectivity index (χ2n) is 7.46. The van der Waals surface area contributed by atoms with Gasteiger partial charge in [0.25, 0.3) is 5.91 Å². The highest BCUT2D eigenvalue weighted by Gasteiger charge is 2.30. The fourth-order valence-corrected chi connectivity index (χ4v) is 4.52. The molecular formula is C21H21N5O4S. The topological polar surface area (TPSA) is 126 Å². The molecule has 0 unspecified atom stereocenters. The number of aromatic hydroxyl groups is 1. The molecule has 31 heavy (non-hydrogen) atoms. The van der Waals surface area contributed by atoms with Crippen LogP contribution < -0.4 is 0 Å². The number of nitrogens with zero attached hydrogens (tertiary/aromatic N) is 5. The minimum Gasteiger partial charge on any atom is -0.506 e. The molecule has 3 aromatic heterocycles. The first kappa shape index (κ1) is 20.9. The van der Waals surface area contributed by atoms with E-state index in [0.717, 1.165) is 6.26 Å². The molecule has 0 spiro atoms. The predicted octanol–water partition coefficient (Wildman–Crippen LogP) is 2.06. The van der Waals surface area contributed by atoms with E-state index in [1.54, 1.807) is 23.4 Å². The molecule has 3 aromatic rings. The van der Waals surface area contributed by atoms with Gasteiger partial charge in [0, 0.05) is 55.6 Å². The first-order chi connectivity index (χ1) is 14.8. The Morgan fingerprint density at radius 1 is 1.13 bits per heavy atom. The van der Waals surface area contributed by atoms with Crippen LogP contribution in [-0.4, -0.2) is 63.6 Å². The van der Waals surface area contributed by atoms with Gasteiger partial charge in [-0.25, -0.2) is 18.4 Å². The molecule has 0 atom stereocenters. The maximum absolute atomic E-state index is 12.7. The summed E-state index contributed by atoms with van der Waals surface area (Å²) < 4.78 is 24.7. The number of likely N-dealkylation sites (tertiary alicyclic amines) is 1. The Hall–Kier alpha value is -3.40. The van der Waals surface area contributed by atoms with E-state index in [4.69, 9.17) is 0 Å². The van der Waals surface area contributed by atoms with Gasteiger partial charge in [0.2, 0.25) is 0 Å². The standard InChI is InChI=1S/C21H21N5O4S/c1-31(29,30)18-13-24-20(15-3-2-6-22-10-15)25-19(18)14-4-7-26(8-5-14)21(28)16-9-17(27)12-23-11-16/h2-3,6,9-14,27H,4-5,7-8H2,1H3. The number of rotatable bonds is 4. The number of carbonyl (C=O) groups excluding carboxylic acids is 1. The quantitative estimate of drug-likeness (QED) is 0.655. The average molecular weight is 439 g/mol. The summed E-state index contributed by atoms with van der Waals surface area (Å²) in [7, 11) is -3.52. The van der Waals surface area contributed by atoms with Gasteiger partial charge in [0.05, 0.1) is 17.5 Å². The highest BCUT2D eigenvalue weighted by molar-refractivity contribution is 7.90. The lowest BCUT2D eigenvalue weighted by molar-refractivity contribution is 0.0710. The van der Waals surface area contributed by atoms with Crippen molar-refractivity contribution >= 4 is 15.7 Å². The molecule has 0 saturated carbocycles. The lowest BCUT2D eigenvalue weighted by atomic mass is 9.92. The number of pyridine rings is 2. The van der Waals surface area contributed by atoms with Gasteiger partial charge in [-0.1, -0.05) is 0 Å². The SMILES string of the molecule is CS(=O)(=O)c1cnc(-c2cccnc2)nc1C1CCN(C(=O)c2cncc(O)c2)CC1. The highest BCUT2D eigenvalue weighted by atomic mass is 32.2. The van der Waals surface area contributed by atoms with Crippen LogP contribution in [-0.2, 0) is 9.84 Å². The molecule has 1 saturated heterocycles. The van der Waals surface area contributed by atoms with Gasteiger partial charge in [-0.3, -0.25) is 14.8 Å². The van der Waals surface area contributed by atoms with Crippen LogP contribution in [0.25, 0.3) is 11.4 Å². The number of hydrogen-bond donors (Lipinski definition) is 1. The third-order valence-electron chi connectivity index (χ3n) is 5.24. The van der Waals surface area contributed by atoms with E-state index < -0.39 is 9.84 Å². The van der Waals surface area contributed by atoms with Crippen LogP contribution in [0, 0.1) is 0 Å². The van der Waals surface area contributed by atoms with Gasteiger partial charge >= 0.3 is 0 Å². The molecule has 1 aliphatic rings. The zero-order valence-electron chi connectivity index (χ0n) is 16.8. The van der Waals surface area contributed by atoms with Crippen molar-refractivity contribution in [2.24, 2.45) is 0 Å². The van der Waals surface area contributed by atoms with Crippen LogP contribution in [0.3, 0.4) is 0 Å². The normalized spacial score (nSPS) is 15.1. The summed E-state index contributed by atoms with van der Waals surface area (Å²) >= 11 is 0. The molecule has 0 aromatic carbocycles. The second kappa shape index (κ2) is 8.38. The first-order valence-corrected chi connectivity index (χ1v) is 11.6. The lowest BCUT2D eigenvalue weighted by Gasteiger charge is -2.32. The van der Waals surface area contributed by atoms with Crippen LogP contribution in [0.2, 0.25) is 0 Å². The number of amides is 1. The summed E-state index contributed by atoms with van der Waals surface area (Å²) in [5.41, 5.74) is 1.49. The molecular weight excluding hydrogens is 418 g/mol. The Morgan fingerprint density at radius 3 is 2.55 bits per heavy atom. The van der Waals surface area contributed by atoms with E-state index in [2.05, 4.69) is 19.9 Å². The minimum absolute atomic E-state index is 0.0672. The van der Waals surface area contributed by atoms with Gasteiger partial charge in [-0.2, -0.15) is 0 Å². The summed E-state index contributed by atoms with van der Waals surface area (Å²) in [6.07, 6.45) is 9.58. The van der Waals surface area contributed by atoms with Gasteiger partial charge in [-0.05, 0) is 31.0 Å².